The van der Waals surface area contributed by atoms with E-state index >= 15 is 0 Å². The number of rotatable bonds is 3. The van der Waals surface area contributed by atoms with Crippen LogP contribution in [0.15, 0.2) is 46.9 Å². The second-order valence-corrected chi connectivity index (χ2v) is 8.16. The fourth-order valence-electron chi connectivity index (χ4n) is 2.66. The van der Waals surface area contributed by atoms with Gasteiger partial charge in [0.2, 0.25) is 0 Å². The van der Waals surface area contributed by atoms with E-state index in [4.69, 9.17) is 23.8 Å². The number of fused-ring (bicyclic) bond motifs is 1. The maximum absolute atomic E-state index is 11.3. The van der Waals surface area contributed by atoms with Gasteiger partial charge in [-0.1, -0.05) is 39.7 Å². The normalized spacial score (nSPS) is 11.2. The predicted molar refractivity (Wildman–Crippen MR) is 109 cm³/mol. The summed E-state index contributed by atoms with van der Waals surface area (Å²) >= 11 is 16.1. The summed E-state index contributed by atoms with van der Waals surface area (Å²) in [4.78, 5) is 11.4. The lowest BCUT2D eigenvalue weighted by molar-refractivity contribution is 0.0702. The first-order valence-corrected chi connectivity index (χ1v) is 9.74. The third-order valence-corrected chi connectivity index (χ3v) is 6.29. The van der Waals surface area contributed by atoms with Crippen molar-refractivity contribution < 1.29 is 9.90 Å². The molecule has 4 aromatic rings. The average Bonchev–Trinajstić information content (AvgIpc) is 3.16. The number of nitrogens with zero attached hydrogens (tertiary/aromatic N) is 2. The molecule has 0 saturated heterocycles. The van der Waals surface area contributed by atoms with Crippen molar-refractivity contribution >= 4 is 67.1 Å². The van der Waals surface area contributed by atoms with Crippen molar-refractivity contribution in [2.45, 2.75) is 0 Å². The molecule has 4 rings (SSSR count). The SMILES string of the molecule is O=C(O)c1sc2cc(-n3c(-c4ccc(Br)cc4)n[nH]c3=S)ccc2c1Cl. The molecule has 2 N–H and O–H groups in total. The predicted octanol–water partition coefficient (Wildman–Crippen LogP) is 5.93. The van der Waals surface area contributed by atoms with E-state index in [1.165, 1.54) is 0 Å². The zero-order chi connectivity index (χ0) is 18.4. The van der Waals surface area contributed by atoms with Gasteiger partial charge in [-0.05, 0) is 42.5 Å². The Morgan fingerprint density at radius 3 is 2.69 bits per heavy atom. The molecule has 2 heterocycles. The summed E-state index contributed by atoms with van der Waals surface area (Å²) in [6, 6.07) is 13.3. The van der Waals surface area contributed by atoms with Gasteiger partial charge in [-0.2, -0.15) is 5.10 Å². The number of aromatic amines is 1. The van der Waals surface area contributed by atoms with Crippen molar-refractivity contribution in [3.8, 4) is 17.1 Å². The van der Waals surface area contributed by atoms with Gasteiger partial charge in [0.1, 0.15) is 4.88 Å². The molecule has 0 aliphatic rings. The van der Waals surface area contributed by atoms with Crippen LogP contribution >= 0.6 is 51.1 Å². The minimum atomic E-state index is -1.03. The number of aromatic carboxylic acids is 1. The zero-order valence-corrected chi connectivity index (χ0v) is 16.8. The molecule has 0 atom stereocenters. The van der Waals surface area contributed by atoms with Gasteiger partial charge in [-0.25, -0.2) is 4.79 Å². The second kappa shape index (κ2) is 6.62. The van der Waals surface area contributed by atoms with Crippen molar-refractivity contribution in [2.24, 2.45) is 0 Å². The molecule has 0 radical (unpaired) electrons. The second-order valence-electron chi connectivity index (χ2n) is 5.43. The highest BCUT2D eigenvalue weighted by molar-refractivity contribution is 9.10. The minimum absolute atomic E-state index is 0.128. The maximum Gasteiger partial charge on any atom is 0.347 e. The van der Waals surface area contributed by atoms with Gasteiger partial charge in [-0.15, -0.1) is 11.3 Å². The monoisotopic (exact) mass is 465 g/mol. The summed E-state index contributed by atoms with van der Waals surface area (Å²) in [7, 11) is 0. The van der Waals surface area contributed by atoms with Gasteiger partial charge in [-0.3, -0.25) is 9.67 Å². The largest absolute Gasteiger partial charge is 0.477 e. The van der Waals surface area contributed by atoms with Gasteiger partial charge < -0.3 is 5.11 Å². The van der Waals surface area contributed by atoms with Crippen LogP contribution in [-0.4, -0.2) is 25.8 Å². The fourth-order valence-corrected chi connectivity index (χ4v) is 4.55. The number of hydrogen-bond donors (Lipinski definition) is 2. The number of nitrogens with one attached hydrogen (secondary N) is 1. The van der Waals surface area contributed by atoms with E-state index in [1.807, 2.05) is 41.0 Å². The van der Waals surface area contributed by atoms with Gasteiger partial charge in [0.05, 0.1) is 10.7 Å². The molecule has 9 heteroatoms. The quantitative estimate of drug-likeness (QED) is 0.367. The highest BCUT2D eigenvalue weighted by Gasteiger charge is 2.18. The average molecular weight is 467 g/mol. The van der Waals surface area contributed by atoms with Gasteiger partial charge in [0.25, 0.3) is 0 Å². The van der Waals surface area contributed by atoms with Crippen molar-refractivity contribution in [1.82, 2.24) is 14.8 Å². The first-order valence-electron chi connectivity index (χ1n) is 7.35. The number of hydrogen-bond acceptors (Lipinski definition) is 4. The van der Waals surface area contributed by atoms with Crippen molar-refractivity contribution in [2.75, 3.05) is 0 Å². The van der Waals surface area contributed by atoms with Crippen molar-refractivity contribution in [1.29, 1.82) is 0 Å². The fraction of sp³-hybridized carbons (Fsp3) is 0. The molecule has 0 aliphatic carbocycles. The number of carboxylic acids is 1. The molecule has 5 nitrogen and oxygen atoms in total. The lowest BCUT2D eigenvalue weighted by Crippen LogP contribution is -1.97. The molecule has 0 unspecified atom stereocenters. The van der Waals surface area contributed by atoms with Crippen molar-refractivity contribution in [3.05, 3.63) is 61.6 Å². The summed E-state index contributed by atoms with van der Waals surface area (Å²) in [6.45, 7) is 0. The van der Waals surface area contributed by atoms with Crippen LogP contribution in [0.4, 0.5) is 0 Å². The number of aromatic nitrogens is 3. The van der Waals surface area contributed by atoms with E-state index < -0.39 is 5.97 Å². The molecule has 0 amide bonds. The molecule has 2 aromatic heterocycles. The smallest absolute Gasteiger partial charge is 0.347 e. The Balaban J connectivity index is 1.91. The van der Waals surface area contributed by atoms with E-state index in [0.29, 0.717) is 16.0 Å². The molecular formula is C17H9BrClN3O2S2. The molecule has 0 spiro atoms. The van der Waals surface area contributed by atoms with E-state index in [1.54, 1.807) is 6.07 Å². The Morgan fingerprint density at radius 1 is 1.27 bits per heavy atom. The standard InChI is InChI=1S/C17H9BrClN3O2S2/c18-9-3-1-8(2-4-9)15-20-21-17(25)22(15)10-5-6-11-12(7-10)26-14(13(11)19)16(23)24/h1-7H,(H,21,25)(H,23,24). The summed E-state index contributed by atoms with van der Waals surface area (Å²) in [5, 5.41) is 17.4. The zero-order valence-electron chi connectivity index (χ0n) is 12.9. The van der Waals surface area contributed by atoms with Crippen LogP contribution in [0, 0.1) is 4.77 Å². The summed E-state index contributed by atoms with van der Waals surface area (Å²) in [5.74, 6) is -0.365. The summed E-state index contributed by atoms with van der Waals surface area (Å²) in [6.07, 6.45) is 0. The van der Waals surface area contributed by atoms with Gasteiger partial charge in [0, 0.05) is 20.1 Å². The molecule has 0 aliphatic heterocycles. The van der Waals surface area contributed by atoms with Gasteiger partial charge in [0.15, 0.2) is 10.6 Å². The third kappa shape index (κ3) is 2.88. The first kappa shape index (κ1) is 17.4. The molecule has 2 aromatic carbocycles. The molecule has 130 valence electrons. The molecule has 0 fully saturated rings. The molecule has 26 heavy (non-hydrogen) atoms. The third-order valence-electron chi connectivity index (χ3n) is 3.84. The number of carbonyl (C=O) groups is 1. The highest BCUT2D eigenvalue weighted by Crippen LogP contribution is 2.37. The summed E-state index contributed by atoms with van der Waals surface area (Å²) < 4.78 is 4.00. The lowest BCUT2D eigenvalue weighted by Gasteiger charge is -2.07. The Bertz CT molecular complexity index is 1210. The Morgan fingerprint density at radius 2 is 2.00 bits per heavy atom. The molecule has 0 saturated carbocycles. The Labute approximate surface area is 170 Å². The van der Waals surface area contributed by atoms with Gasteiger partial charge >= 0.3 is 5.97 Å². The van der Waals surface area contributed by atoms with E-state index in [2.05, 4.69) is 26.1 Å². The van der Waals surface area contributed by atoms with E-state index in [9.17, 15) is 9.90 Å². The van der Waals surface area contributed by atoms with Crippen LogP contribution in [0.5, 0.6) is 0 Å². The number of thiophene rings is 1. The molecule has 0 bridgehead atoms. The first-order chi connectivity index (χ1) is 12.5. The minimum Gasteiger partial charge on any atom is -0.477 e. The van der Waals surface area contributed by atoms with Crippen LogP contribution in [0.25, 0.3) is 27.2 Å². The highest BCUT2D eigenvalue weighted by atomic mass is 79.9. The van der Waals surface area contributed by atoms with Crippen LogP contribution in [-0.2, 0) is 0 Å². The maximum atomic E-state index is 11.3. The van der Waals surface area contributed by atoms with Crippen LogP contribution in [0.3, 0.4) is 0 Å². The molecular weight excluding hydrogens is 458 g/mol. The van der Waals surface area contributed by atoms with E-state index in [0.717, 1.165) is 31.8 Å². The number of halogens is 2. The van der Waals surface area contributed by atoms with Crippen molar-refractivity contribution in [3.63, 3.8) is 0 Å². The Kier molecular flexibility index (Phi) is 4.44. The number of benzene rings is 2. The number of carboxylic acid groups (broad SMARTS) is 1. The lowest BCUT2D eigenvalue weighted by atomic mass is 10.2. The Hall–Kier alpha value is -2.00. The van der Waals surface area contributed by atoms with Crippen LogP contribution in [0.2, 0.25) is 5.02 Å². The summed E-state index contributed by atoms with van der Waals surface area (Å²) in [5.41, 5.74) is 1.68. The van der Waals surface area contributed by atoms with Crippen LogP contribution < -0.4 is 0 Å². The topological polar surface area (TPSA) is 70.9 Å². The number of H-pyrrole nitrogens is 1. The van der Waals surface area contributed by atoms with Crippen LogP contribution in [0.1, 0.15) is 9.67 Å². The van der Waals surface area contributed by atoms with E-state index in [-0.39, 0.29) is 9.90 Å².